The number of benzene rings is 4. The smallest absolute Gasteiger partial charge is 0.265 e. The normalized spacial score (nSPS) is 14.1. The number of hydrogen-bond donors (Lipinski definition) is 4. The molecule has 0 radical (unpaired) electrons. The predicted octanol–water partition coefficient (Wildman–Crippen LogP) is 3.95. The SMILES string of the molecule is CS(=O)(=O)O.CS(=O)(=O)O.O=C1c2ccc3c(oc4ccccc43)c2C(=O)N1CCNCCCNCCN1C(=O)c2ccc3c(oc4ccccc43)c2C1=O. The molecule has 8 rings (SSSR count). The average molecular weight is 793 g/mol. The highest BCUT2D eigenvalue weighted by Crippen LogP contribution is 2.37. The molecule has 0 spiro atoms. The molecule has 2 aliphatic rings. The summed E-state index contributed by atoms with van der Waals surface area (Å²) in [5.41, 5.74) is 3.68. The van der Waals surface area contributed by atoms with Gasteiger partial charge >= 0.3 is 0 Å². The number of imide groups is 2. The van der Waals surface area contributed by atoms with Crippen LogP contribution in [-0.4, -0.2) is 111 Å². The van der Waals surface area contributed by atoms with E-state index in [4.69, 9.17) is 17.9 Å². The number of nitrogens with one attached hydrogen (secondary N) is 2. The topological polar surface area (TPSA) is 234 Å². The summed E-state index contributed by atoms with van der Waals surface area (Å²) in [5.74, 6) is -1.29. The van der Waals surface area contributed by atoms with E-state index in [1.807, 2.05) is 60.7 Å². The van der Waals surface area contributed by atoms with Crippen molar-refractivity contribution < 1.29 is 54.0 Å². The van der Waals surface area contributed by atoms with Crippen molar-refractivity contribution in [2.45, 2.75) is 6.42 Å². The molecule has 0 saturated carbocycles. The Morgan fingerprint density at radius 1 is 0.527 bits per heavy atom. The van der Waals surface area contributed by atoms with E-state index in [-0.39, 0.29) is 36.7 Å². The number of nitrogens with zero attached hydrogens (tertiary/aromatic N) is 2. The quantitative estimate of drug-likeness (QED) is 0.0874. The summed E-state index contributed by atoms with van der Waals surface area (Å²) in [5, 5.41) is 10.0. The van der Waals surface area contributed by atoms with E-state index in [1.54, 1.807) is 12.1 Å². The summed E-state index contributed by atoms with van der Waals surface area (Å²) < 4.78 is 63.7. The van der Waals surface area contributed by atoms with Crippen LogP contribution in [-0.2, 0) is 20.2 Å². The molecule has 0 unspecified atom stereocenters. The van der Waals surface area contributed by atoms with Crippen LogP contribution in [0.4, 0.5) is 0 Å². The maximum absolute atomic E-state index is 13.2. The van der Waals surface area contributed by atoms with Gasteiger partial charge in [-0.2, -0.15) is 16.8 Å². The van der Waals surface area contributed by atoms with Gasteiger partial charge in [0.2, 0.25) is 0 Å². The zero-order valence-corrected chi connectivity index (χ0v) is 31.2. The standard InChI is InChI=1S/C35H28N4O6.2CH4O3S/c40-32-24-12-10-22-20-6-1-3-8-26(20)44-30(22)28(24)34(42)38(32)18-16-36-14-5-15-37-17-19-39-33(41)25-13-11-23-21-7-2-4-9-27(21)45-31(23)29(25)35(39)43;2*1-5(2,3)4/h1-4,6-13,36-37H,5,14-19H2;2*1H3,(H,2,3,4). The minimum atomic E-state index is -3.67. The second-order valence-corrected chi connectivity index (χ2v) is 15.7. The Kier molecular flexibility index (Phi) is 11.2. The summed E-state index contributed by atoms with van der Waals surface area (Å²) in [7, 11) is -7.33. The molecule has 4 aromatic carbocycles. The van der Waals surface area contributed by atoms with Gasteiger partial charge in [-0.3, -0.25) is 38.1 Å². The molecule has 16 nitrogen and oxygen atoms in total. The Hall–Kier alpha value is -5.50. The number of para-hydroxylation sites is 2. The Bertz CT molecular complexity index is 2520. The number of carbonyl (C=O) groups is 4. The maximum Gasteiger partial charge on any atom is 0.265 e. The van der Waals surface area contributed by atoms with Crippen LogP contribution >= 0.6 is 0 Å². The third-order valence-electron chi connectivity index (χ3n) is 8.69. The fourth-order valence-corrected chi connectivity index (χ4v) is 6.48. The van der Waals surface area contributed by atoms with Crippen LogP contribution in [0.2, 0.25) is 0 Å². The van der Waals surface area contributed by atoms with E-state index >= 15 is 0 Å². The van der Waals surface area contributed by atoms with Crippen molar-refractivity contribution in [2.75, 3.05) is 51.8 Å². The molecule has 288 valence electrons. The van der Waals surface area contributed by atoms with E-state index < -0.39 is 20.2 Å². The van der Waals surface area contributed by atoms with Crippen LogP contribution in [0.5, 0.6) is 0 Å². The third-order valence-corrected chi connectivity index (χ3v) is 8.69. The van der Waals surface area contributed by atoms with Gasteiger partial charge in [0.25, 0.3) is 43.9 Å². The zero-order valence-electron chi connectivity index (χ0n) is 29.6. The van der Waals surface area contributed by atoms with E-state index in [2.05, 4.69) is 10.6 Å². The fraction of sp³-hybridized carbons (Fsp3) is 0.243. The van der Waals surface area contributed by atoms with Gasteiger partial charge in [-0.05, 0) is 55.9 Å². The molecule has 0 atom stereocenters. The fourth-order valence-electron chi connectivity index (χ4n) is 6.48. The van der Waals surface area contributed by atoms with Gasteiger partial charge in [0.1, 0.15) is 22.3 Å². The van der Waals surface area contributed by atoms with Gasteiger partial charge in [0.15, 0.2) is 0 Å². The highest BCUT2D eigenvalue weighted by molar-refractivity contribution is 7.85. The third kappa shape index (κ3) is 8.59. The minimum absolute atomic E-state index is 0.250. The summed E-state index contributed by atoms with van der Waals surface area (Å²) in [6, 6.07) is 22.3. The second-order valence-electron chi connectivity index (χ2n) is 12.8. The van der Waals surface area contributed by atoms with Crippen molar-refractivity contribution in [3.63, 3.8) is 0 Å². The summed E-state index contributed by atoms with van der Waals surface area (Å²) in [6.07, 6.45) is 2.21. The molecular formula is C37H36N4O12S2. The molecule has 0 bridgehead atoms. The molecule has 4 amide bonds. The van der Waals surface area contributed by atoms with Gasteiger partial charge in [-0.1, -0.05) is 36.4 Å². The average Bonchev–Trinajstić information content (AvgIpc) is 3.81. The molecule has 0 saturated heterocycles. The first-order valence-corrected chi connectivity index (χ1v) is 20.6. The van der Waals surface area contributed by atoms with E-state index in [1.165, 1.54) is 9.80 Å². The molecule has 55 heavy (non-hydrogen) atoms. The van der Waals surface area contributed by atoms with Gasteiger partial charge in [0, 0.05) is 47.7 Å². The van der Waals surface area contributed by atoms with Crippen molar-refractivity contribution in [1.29, 1.82) is 0 Å². The zero-order chi connectivity index (χ0) is 39.7. The number of carbonyl (C=O) groups excluding carboxylic acids is 4. The summed E-state index contributed by atoms with van der Waals surface area (Å²) >= 11 is 0. The van der Waals surface area contributed by atoms with Crippen molar-refractivity contribution in [3.05, 3.63) is 95.1 Å². The Morgan fingerprint density at radius 2 is 0.891 bits per heavy atom. The summed E-state index contributed by atoms with van der Waals surface area (Å²) in [4.78, 5) is 55.0. The van der Waals surface area contributed by atoms with Gasteiger partial charge < -0.3 is 19.5 Å². The molecule has 18 heteroatoms. The minimum Gasteiger partial charge on any atom is -0.455 e. The molecule has 2 aliphatic heterocycles. The maximum atomic E-state index is 13.2. The number of furan rings is 2. The molecule has 4 N–H and O–H groups in total. The lowest BCUT2D eigenvalue weighted by Gasteiger charge is -2.15. The second kappa shape index (κ2) is 15.7. The Morgan fingerprint density at radius 3 is 1.27 bits per heavy atom. The van der Waals surface area contributed by atoms with Crippen LogP contribution in [0.25, 0.3) is 43.9 Å². The Balaban J connectivity index is 0.000000459. The van der Waals surface area contributed by atoms with Crippen LogP contribution in [0, 0.1) is 0 Å². The van der Waals surface area contributed by atoms with Gasteiger partial charge in [-0.25, -0.2) is 0 Å². The molecule has 4 heterocycles. The van der Waals surface area contributed by atoms with E-state index in [0.29, 0.717) is 83.3 Å². The number of rotatable bonds is 10. The van der Waals surface area contributed by atoms with Crippen molar-refractivity contribution in [2.24, 2.45) is 0 Å². The van der Waals surface area contributed by atoms with E-state index in [0.717, 1.165) is 28.0 Å². The van der Waals surface area contributed by atoms with Crippen LogP contribution in [0.15, 0.2) is 81.6 Å². The highest BCUT2D eigenvalue weighted by atomic mass is 32.2. The highest BCUT2D eigenvalue weighted by Gasteiger charge is 2.39. The Labute approximate surface area is 314 Å². The van der Waals surface area contributed by atoms with Crippen molar-refractivity contribution in [1.82, 2.24) is 20.4 Å². The summed E-state index contributed by atoms with van der Waals surface area (Å²) in [6.45, 7) is 2.75. The molecule has 6 aromatic rings. The van der Waals surface area contributed by atoms with Crippen LogP contribution in [0.1, 0.15) is 47.9 Å². The lowest BCUT2D eigenvalue weighted by Crippen LogP contribution is -2.38. The lowest BCUT2D eigenvalue weighted by molar-refractivity contribution is 0.0641. The molecule has 2 aromatic heterocycles. The molecular weight excluding hydrogens is 757 g/mol. The first-order valence-electron chi connectivity index (χ1n) is 16.9. The largest absolute Gasteiger partial charge is 0.455 e. The molecule has 0 aliphatic carbocycles. The monoisotopic (exact) mass is 792 g/mol. The first kappa shape index (κ1) is 39.2. The van der Waals surface area contributed by atoms with Gasteiger partial charge in [0.05, 0.1) is 34.8 Å². The number of hydrogen-bond acceptors (Lipinski definition) is 12. The number of fused-ring (bicyclic) bond motifs is 10. The van der Waals surface area contributed by atoms with E-state index in [9.17, 15) is 36.0 Å². The van der Waals surface area contributed by atoms with Crippen molar-refractivity contribution in [3.8, 4) is 0 Å². The van der Waals surface area contributed by atoms with Crippen LogP contribution in [0.3, 0.4) is 0 Å². The van der Waals surface area contributed by atoms with Crippen molar-refractivity contribution >= 4 is 87.7 Å². The first-order chi connectivity index (χ1) is 26.0. The predicted molar refractivity (Wildman–Crippen MR) is 203 cm³/mol. The number of amides is 4. The van der Waals surface area contributed by atoms with Crippen LogP contribution < -0.4 is 10.6 Å². The molecule has 0 fully saturated rings. The van der Waals surface area contributed by atoms with Gasteiger partial charge in [-0.15, -0.1) is 0 Å². The lowest BCUT2D eigenvalue weighted by atomic mass is 10.0.